The summed E-state index contributed by atoms with van der Waals surface area (Å²) in [7, 11) is 4.05. The van der Waals surface area contributed by atoms with Gasteiger partial charge in [0.2, 0.25) is 5.95 Å². The normalized spacial score (nSPS) is 18.8. The minimum Gasteiger partial charge on any atom is -0.362 e. The second kappa shape index (κ2) is 10.0. The molecule has 1 aromatic heterocycles. The summed E-state index contributed by atoms with van der Waals surface area (Å²) in [5, 5.41) is 9.45. The van der Waals surface area contributed by atoms with Gasteiger partial charge in [-0.2, -0.15) is 4.98 Å². The fraction of sp³-hybridized carbons (Fsp3) is 0.417. The first-order valence-corrected chi connectivity index (χ1v) is 11.6. The molecule has 0 bridgehead atoms. The van der Waals surface area contributed by atoms with Crippen LogP contribution in [0.2, 0.25) is 10.0 Å². The first-order chi connectivity index (χ1) is 15.0. The summed E-state index contributed by atoms with van der Waals surface area (Å²) in [6.07, 6.45) is 4.65. The Labute approximate surface area is 194 Å². The molecule has 1 aliphatic rings. The fourth-order valence-corrected chi connectivity index (χ4v) is 4.55. The van der Waals surface area contributed by atoms with E-state index in [1.807, 2.05) is 55.4 Å². The van der Waals surface area contributed by atoms with Gasteiger partial charge in [0.1, 0.15) is 5.82 Å². The van der Waals surface area contributed by atoms with Gasteiger partial charge < -0.3 is 15.5 Å². The molecule has 0 atom stereocenters. The first kappa shape index (κ1) is 22.1. The third kappa shape index (κ3) is 5.59. The number of hydrogen-bond acceptors (Lipinski definition) is 5. The smallest absolute Gasteiger partial charge is 0.225 e. The molecule has 0 amide bonds. The zero-order valence-corrected chi connectivity index (χ0v) is 19.5. The van der Waals surface area contributed by atoms with Gasteiger partial charge in [-0.25, -0.2) is 4.98 Å². The van der Waals surface area contributed by atoms with Gasteiger partial charge in [-0.1, -0.05) is 41.4 Å². The summed E-state index contributed by atoms with van der Waals surface area (Å²) in [6.45, 7) is 1.83. The lowest BCUT2D eigenvalue weighted by molar-refractivity contribution is 0.324. The third-order valence-corrected chi connectivity index (χ3v) is 6.67. The Morgan fingerprint density at radius 1 is 0.968 bits per heavy atom. The van der Waals surface area contributed by atoms with Crippen LogP contribution in [0.3, 0.4) is 0 Å². The number of para-hydroxylation sites is 1. The molecule has 2 aromatic carbocycles. The van der Waals surface area contributed by atoms with Crippen molar-refractivity contribution in [3.63, 3.8) is 0 Å². The standard InChI is InChI=1S/C24H29Cl2N5/c1-31(2)23-19-5-3-4-6-22(19)29-24(30-23)28-18-10-7-16(8-11-18)14-27-15-17-9-12-20(25)21(26)13-17/h3-6,9,12-13,16,18,27H,7-8,10-11,14-15H2,1-2H3,(H,28,29,30). The first-order valence-electron chi connectivity index (χ1n) is 10.8. The van der Waals surface area contributed by atoms with E-state index in [9.17, 15) is 0 Å². The molecular weight excluding hydrogens is 429 g/mol. The van der Waals surface area contributed by atoms with Crippen LogP contribution in [0.15, 0.2) is 42.5 Å². The molecule has 0 unspecified atom stereocenters. The predicted molar refractivity (Wildman–Crippen MR) is 131 cm³/mol. The van der Waals surface area contributed by atoms with E-state index in [4.69, 9.17) is 33.2 Å². The zero-order valence-electron chi connectivity index (χ0n) is 18.0. The van der Waals surface area contributed by atoms with E-state index >= 15 is 0 Å². The van der Waals surface area contributed by atoms with Gasteiger partial charge in [-0.15, -0.1) is 0 Å². The van der Waals surface area contributed by atoms with E-state index in [1.54, 1.807) is 0 Å². The number of nitrogens with zero attached hydrogens (tertiary/aromatic N) is 3. The predicted octanol–water partition coefficient (Wildman–Crippen LogP) is 5.76. The van der Waals surface area contributed by atoms with Crippen molar-refractivity contribution in [3.8, 4) is 0 Å². The summed E-state index contributed by atoms with van der Waals surface area (Å²) >= 11 is 12.1. The number of nitrogens with one attached hydrogen (secondary N) is 2. The molecule has 31 heavy (non-hydrogen) atoms. The van der Waals surface area contributed by atoms with E-state index in [0.717, 1.165) is 54.2 Å². The summed E-state index contributed by atoms with van der Waals surface area (Å²) in [5.74, 6) is 2.37. The second-order valence-corrected chi connectivity index (χ2v) is 9.34. The largest absolute Gasteiger partial charge is 0.362 e. The number of halogens is 2. The van der Waals surface area contributed by atoms with Crippen molar-refractivity contribution in [2.45, 2.75) is 38.3 Å². The van der Waals surface area contributed by atoms with Crippen LogP contribution in [0.5, 0.6) is 0 Å². The number of benzene rings is 2. The molecule has 0 radical (unpaired) electrons. The molecule has 0 spiro atoms. The monoisotopic (exact) mass is 457 g/mol. The van der Waals surface area contributed by atoms with E-state index in [0.29, 0.717) is 22.0 Å². The van der Waals surface area contributed by atoms with Crippen LogP contribution in [0.1, 0.15) is 31.2 Å². The van der Waals surface area contributed by atoms with E-state index < -0.39 is 0 Å². The Hall–Kier alpha value is -2.08. The minimum absolute atomic E-state index is 0.419. The molecule has 0 aliphatic heterocycles. The molecule has 1 heterocycles. The van der Waals surface area contributed by atoms with Crippen LogP contribution >= 0.6 is 23.2 Å². The number of anilines is 2. The maximum atomic E-state index is 6.10. The quantitative estimate of drug-likeness (QED) is 0.471. The van der Waals surface area contributed by atoms with Gasteiger partial charge in [0, 0.05) is 32.1 Å². The fourth-order valence-electron chi connectivity index (χ4n) is 4.23. The van der Waals surface area contributed by atoms with Gasteiger partial charge in [0.25, 0.3) is 0 Å². The minimum atomic E-state index is 0.419. The number of aromatic nitrogens is 2. The van der Waals surface area contributed by atoms with Gasteiger partial charge in [0.15, 0.2) is 0 Å². The molecule has 5 nitrogen and oxygen atoms in total. The molecule has 164 valence electrons. The van der Waals surface area contributed by atoms with Crippen molar-refractivity contribution in [1.29, 1.82) is 0 Å². The van der Waals surface area contributed by atoms with Gasteiger partial charge in [-0.3, -0.25) is 0 Å². The van der Waals surface area contributed by atoms with Crippen LogP contribution in [-0.2, 0) is 6.54 Å². The Balaban J connectivity index is 1.29. The van der Waals surface area contributed by atoms with E-state index in [1.165, 1.54) is 12.8 Å². The van der Waals surface area contributed by atoms with Crippen molar-refractivity contribution in [1.82, 2.24) is 15.3 Å². The van der Waals surface area contributed by atoms with Crippen molar-refractivity contribution >= 4 is 45.9 Å². The Morgan fingerprint density at radius 2 is 1.74 bits per heavy atom. The number of rotatable bonds is 7. The molecule has 3 aromatic rings. The lowest BCUT2D eigenvalue weighted by Crippen LogP contribution is -2.31. The van der Waals surface area contributed by atoms with Crippen molar-refractivity contribution in [2.75, 3.05) is 30.9 Å². The number of fused-ring (bicyclic) bond motifs is 1. The Bertz CT molecular complexity index is 1030. The van der Waals surface area contributed by atoms with Gasteiger partial charge in [0.05, 0.1) is 15.6 Å². The molecule has 0 saturated heterocycles. The molecule has 1 saturated carbocycles. The van der Waals surface area contributed by atoms with E-state index in [2.05, 4.69) is 16.7 Å². The van der Waals surface area contributed by atoms with Crippen molar-refractivity contribution in [3.05, 3.63) is 58.1 Å². The highest BCUT2D eigenvalue weighted by Crippen LogP contribution is 2.28. The van der Waals surface area contributed by atoms with Crippen LogP contribution < -0.4 is 15.5 Å². The Morgan fingerprint density at radius 3 is 2.48 bits per heavy atom. The average Bonchev–Trinajstić information content (AvgIpc) is 2.77. The average molecular weight is 458 g/mol. The molecule has 1 aliphatic carbocycles. The molecule has 7 heteroatoms. The SMILES string of the molecule is CN(C)c1nc(NC2CCC(CNCc3ccc(Cl)c(Cl)c3)CC2)nc2ccccc12. The highest BCUT2D eigenvalue weighted by molar-refractivity contribution is 6.42. The molecule has 4 rings (SSSR count). The lowest BCUT2D eigenvalue weighted by Gasteiger charge is -2.29. The van der Waals surface area contributed by atoms with Crippen LogP contribution in [0, 0.1) is 5.92 Å². The summed E-state index contributed by atoms with van der Waals surface area (Å²) in [6, 6.07) is 14.4. The second-order valence-electron chi connectivity index (χ2n) is 8.52. The lowest BCUT2D eigenvalue weighted by atomic mass is 9.86. The summed E-state index contributed by atoms with van der Waals surface area (Å²) in [5.41, 5.74) is 2.14. The van der Waals surface area contributed by atoms with Crippen LogP contribution in [0.25, 0.3) is 10.9 Å². The highest BCUT2D eigenvalue weighted by atomic mass is 35.5. The Kier molecular flexibility index (Phi) is 7.16. The topological polar surface area (TPSA) is 53.1 Å². The van der Waals surface area contributed by atoms with Gasteiger partial charge >= 0.3 is 0 Å². The van der Waals surface area contributed by atoms with Crippen LogP contribution in [0.4, 0.5) is 11.8 Å². The van der Waals surface area contributed by atoms with Crippen molar-refractivity contribution < 1.29 is 0 Å². The number of hydrogen-bond donors (Lipinski definition) is 2. The zero-order chi connectivity index (χ0) is 21.8. The van der Waals surface area contributed by atoms with Crippen molar-refractivity contribution in [2.24, 2.45) is 5.92 Å². The highest BCUT2D eigenvalue weighted by Gasteiger charge is 2.22. The van der Waals surface area contributed by atoms with E-state index in [-0.39, 0.29) is 0 Å². The third-order valence-electron chi connectivity index (χ3n) is 5.93. The summed E-state index contributed by atoms with van der Waals surface area (Å²) < 4.78 is 0. The molecule has 1 fully saturated rings. The van der Waals surface area contributed by atoms with Crippen LogP contribution in [-0.4, -0.2) is 36.6 Å². The summed E-state index contributed by atoms with van der Waals surface area (Å²) in [4.78, 5) is 11.6. The molecule has 2 N–H and O–H groups in total. The maximum absolute atomic E-state index is 6.10. The van der Waals surface area contributed by atoms with Gasteiger partial charge in [-0.05, 0) is 68.0 Å². The molecular formula is C24H29Cl2N5. The maximum Gasteiger partial charge on any atom is 0.225 e.